The first kappa shape index (κ1) is 14.6. The molecule has 1 aliphatic rings. The van der Waals surface area contributed by atoms with E-state index < -0.39 is 4.92 Å². The quantitative estimate of drug-likeness (QED) is 0.436. The summed E-state index contributed by atoms with van der Waals surface area (Å²) in [7, 11) is 1.42. The summed E-state index contributed by atoms with van der Waals surface area (Å²) in [5, 5.41) is 10.8. The zero-order chi connectivity index (χ0) is 14.4. The van der Waals surface area contributed by atoms with Crippen molar-refractivity contribution in [2.24, 2.45) is 0 Å². The molecule has 0 bridgehead atoms. The zero-order valence-electron chi connectivity index (χ0n) is 11.7. The molecule has 1 aliphatic heterocycles. The molecule has 0 N–H and O–H groups in total. The molecule has 20 heavy (non-hydrogen) atoms. The van der Waals surface area contributed by atoms with Crippen LogP contribution in [0.3, 0.4) is 0 Å². The third-order valence-corrected chi connectivity index (χ3v) is 3.43. The lowest BCUT2D eigenvalue weighted by Crippen LogP contribution is -2.21. The van der Waals surface area contributed by atoms with E-state index in [9.17, 15) is 10.1 Å². The fourth-order valence-corrected chi connectivity index (χ4v) is 2.38. The van der Waals surface area contributed by atoms with E-state index in [0.29, 0.717) is 12.4 Å². The highest BCUT2D eigenvalue weighted by Gasteiger charge is 2.15. The predicted molar refractivity (Wildman–Crippen MR) is 75.4 cm³/mol. The summed E-state index contributed by atoms with van der Waals surface area (Å²) in [5.41, 5.74) is -0.0445. The summed E-state index contributed by atoms with van der Waals surface area (Å²) in [5.74, 6) is 0.834. The molecule has 1 aromatic carbocycles. The maximum atomic E-state index is 10.8. The molecule has 0 atom stereocenters. The molecule has 0 radical (unpaired) electrons. The molecule has 0 amide bonds. The Morgan fingerprint density at radius 1 is 1.35 bits per heavy atom. The van der Waals surface area contributed by atoms with E-state index >= 15 is 0 Å². The van der Waals surface area contributed by atoms with Crippen molar-refractivity contribution in [2.75, 3.05) is 33.4 Å². The van der Waals surface area contributed by atoms with Crippen molar-refractivity contribution in [3.8, 4) is 11.5 Å². The number of ether oxygens (including phenoxy) is 2. The number of methoxy groups -OCH3 is 1. The van der Waals surface area contributed by atoms with Crippen LogP contribution in [0.2, 0.25) is 0 Å². The van der Waals surface area contributed by atoms with Crippen molar-refractivity contribution in [3.05, 3.63) is 28.3 Å². The van der Waals surface area contributed by atoms with E-state index in [-0.39, 0.29) is 11.4 Å². The van der Waals surface area contributed by atoms with Crippen molar-refractivity contribution in [1.82, 2.24) is 4.90 Å². The van der Waals surface area contributed by atoms with Crippen molar-refractivity contribution in [2.45, 2.75) is 19.3 Å². The average molecular weight is 280 g/mol. The fraction of sp³-hybridized carbons (Fsp3) is 0.571. The van der Waals surface area contributed by atoms with E-state index in [1.54, 1.807) is 12.1 Å². The van der Waals surface area contributed by atoms with E-state index in [1.165, 1.54) is 39.1 Å². The smallest absolute Gasteiger partial charge is 0.311 e. The van der Waals surface area contributed by atoms with Crippen LogP contribution in [-0.4, -0.2) is 43.2 Å². The highest BCUT2D eigenvalue weighted by molar-refractivity contribution is 5.50. The summed E-state index contributed by atoms with van der Waals surface area (Å²) in [6, 6.07) is 4.58. The Balaban J connectivity index is 1.81. The molecule has 110 valence electrons. The van der Waals surface area contributed by atoms with Crippen molar-refractivity contribution >= 4 is 5.69 Å². The summed E-state index contributed by atoms with van der Waals surface area (Å²) >= 11 is 0. The average Bonchev–Trinajstić information content (AvgIpc) is 2.96. The van der Waals surface area contributed by atoms with E-state index in [2.05, 4.69) is 4.90 Å². The normalized spacial score (nSPS) is 15.2. The number of hydrogen-bond acceptors (Lipinski definition) is 5. The molecule has 0 unspecified atom stereocenters. The lowest BCUT2D eigenvalue weighted by molar-refractivity contribution is -0.385. The van der Waals surface area contributed by atoms with Gasteiger partial charge in [0.25, 0.3) is 0 Å². The monoisotopic (exact) mass is 280 g/mol. The Hall–Kier alpha value is -1.82. The lowest BCUT2D eigenvalue weighted by Gasteiger charge is -2.14. The second kappa shape index (κ2) is 7.09. The summed E-state index contributed by atoms with van der Waals surface area (Å²) in [6.45, 7) is 4.03. The minimum atomic E-state index is -0.462. The maximum Gasteiger partial charge on any atom is 0.311 e. The Bertz CT molecular complexity index is 458. The van der Waals surface area contributed by atoms with Gasteiger partial charge < -0.3 is 14.4 Å². The van der Waals surface area contributed by atoms with Gasteiger partial charge >= 0.3 is 5.69 Å². The summed E-state index contributed by atoms with van der Waals surface area (Å²) in [4.78, 5) is 12.7. The van der Waals surface area contributed by atoms with Crippen LogP contribution in [0.25, 0.3) is 0 Å². The summed E-state index contributed by atoms with van der Waals surface area (Å²) in [6.07, 6.45) is 3.54. The Morgan fingerprint density at radius 3 is 2.75 bits per heavy atom. The van der Waals surface area contributed by atoms with Gasteiger partial charge in [0.1, 0.15) is 5.75 Å². The molecule has 6 nitrogen and oxygen atoms in total. The first-order chi connectivity index (χ1) is 9.70. The van der Waals surface area contributed by atoms with E-state index in [1.807, 2.05) is 0 Å². The highest BCUT2D eigenvalue weighted by atomic mass is 16.6. The molecular formula is C14H20N2O4. The SMILES string of the molecule is COc1cc(OCCCN2CCCC2)ccc1[N+](=O)[O-]. The molecule has 1 aromatic rings. The third kappa shape index (κ3) is 3.84. The van der Waals surface area contributed by atoms with Crippen LogP contribution in [0.1, 0.15) is 19.3 Å². The molecule has 0 aliphatic carbocycles. The topological polar surface area (TPSA) is 64.8 Å². The van der Waals surface area contributed by atoms with Gasteiger partial charge in [0, 0.05) is 18.7 Å². The van der Waals surface area contributed by atoms with Crippen LogP contribution in [0.4, 0.5) is 5.69 Å². The van der Waals surface area contributed by atoms with Gasteiger partial charge in [0.15, 0.2) is 0 Å². The summed E-state index contributed by atoms with van der Waals surface area (Å²) < 4.78 is 10.6. The van der Waals surface area contributed by atoms with Gasteiger partial charge in [0.2, 0.25) is 5.75 Å². The minimum absolute atomic E-state index is 0.0445. The number of hydrogen-bond donors (Lipinski definition) is 0. The molecule has 6 heteroatoms. The van der Waals surface area contributed by atoms with Crippen molar-refractivity contribution in [3.63, 3.8) is 0 Å². The number of nitrogens with zero attached hydrogens (tertiary/aromatic N) is 2. The number of nitro benzene ring substituents is 1. The van der Waals surface area contributed by atoms with Crippen LogP contribution in [0, 0.1) is 10.1 Å². The molecule has 0 aromatic heterocycles. The first-order valence-electron chi connectivity index (χ1n) is 6.88. The van der Waals surface area contributed by atoms with Crippen LogP contribution in [0.15, 0.2) is 18.2 Å². The van der Waals surface area contributed by atoms with Crippen LogP contribution in [-0.2, 0) is 0 Å². The predicted octanol–water partition coefficient (Wildman–Crippen LogP) is 2.47. The zero-order valence-corrected chi connectivity index (χ0v) is 11.7. The van der Waals surface area contributed by atoms with Crippen molar-refractivity contribution in [1.29, 1.82) is 0 Å². The van der Waals surface area contributed by atoms with Crippen LogP contribution < -0.4 is 9.47 Å². The number of likely N-dealkylation sites (tertiary alicyclic amines) is 1. The van der Waals surface area contributed by atoms with Crippen LogP contribution >= 0.6 is 0 Å². The van der Waals surface area contributed by atoms with E-state index in [0.717, 1.165) is 13.0 Å². The minimum Gasteiger partial charge on any atom is -0.493 e. The number of rotatable bonds is 7. The van der Waals surface area contributed by atoms with Gasteiger partial charge in [-0.05, 0) is 38.4 Å². The number of nitro groups is 1. The van der Waals surface area contributed by atoms with Gasteiger partial charge in [0.05, 0.1) is 18.6 Å². The molecule has 1 heterocycles. The third-order valence-electron chi connectivity index (χ3n) is 3.43. The molecule has 0 saturated carbocycles. The van der Waals surface area contributed by atoms with Crippen LogP contribution in [0.5, 0.6) is 11.5 Å². The molecular weight excluding hydrogens is 260 g/mol. The maximum absolute atomic E-state index is 10.8. The Morgan fingerprint density at radius 2 is 2.10 bits per heavy atom. The molecule has 1 fully saturated rings. The van der Waals surface area contributed by atoms with Gasteiger partial charge in [-0.2, -0.15) is 0 Å². The van der Waals surface area contributed by atoms with Gasteiger partial charge in [-0.1, -0.05) is 0 Å². The fourth-order valence-electron chi connectivity index (χ4n) is 2.38. The molecule has 2 rings (SSSR count). The Labute approximate surface area is 118 Å². The van der Waals surface area contributed by atoms with E-state index in [4.69, 9.17) is 9.47 Å². The lowest BCUT2D eigenvalue weighted by atomic mass is 10.3. The Kier molecular flexibility index (Phi) is 5.17. The molecule has 0 spiro atoms. The highest BCUT2D eigenvalue weighted by Crippen LogP contribution is 2.30. The number of benzene rings is 1. The second-order valence-electron chi connectivity index (χ2n) is 4.84. The molecule has 1 saturated heterocycles. The van der Waals surface area contributed by atoms with Gasteiger partial charge in [-0.25, -0.2) is 0 Å². The van der Waals surface area contributed by atoms with Gasteiger partial charge in [-0.3, -0.25) is 10.1 Å². The van der Waals surface area contributed by atoms with Gasteiger partial charge in [-0.15, -0.1) is 0 Å². The second-order valence-corrected chi connectivity index (χ2v) is 4.84. The van der Waals surface area contributed by atoms with Crippen molar-refractivity contribution < 1.29 is 14.4 Å². The largest absolute Gasteiger partial charge is 0.493 e. The standard InChI is InChI=1S/C14H20N2O4/c1-19-14-11-12(5-6-13(14)16(17)18)20-10-4-9-15-7-2-3-8-15/h5-6,11H,2-4,7-10H2,1H3. The first-order valence-corrected chi connectivity index (χ1v) is 6.88.